The first-order valence-corrected chi connectivity index (χ1v) is 8.02. The van der Waals surface area contributed by atoms with E-state index in [9.17, 15) is 8.78 Å². The predicted molar refractivity (Wildman–Crippen MR) is 96.2 cm³/mol. The van der Waals surface area contributed by atoms with Gasteiger partial charge in [0.05, 0.1) is 5.69 Å². The van der Waals surface area contributed by atoms with Gasteiger partial charge in [0, 0.05) is 19.0 Å². The van der Waals surface area contributed by atoms with Crippen LogP contribution in [-0.2, 0) is 0 Å². The molecule has 1 saturated heterocycles. The molecule has 2 aromatic rings. The van der Waals surface area contributed by atoms with Crippen molar-refractivity contribution in [3.05, 3.63) is 54.6 Å². The summed E-state index contributed by atoms with van der Waals surface area (Å²) in [4.78, 5) is 5.17. The standard InChI is InChI=1S/C18H19F2N5O/c19-18(20)9-10-25(17(22)23)15(18)16(21)24-12-5-4-8-14(11-12)26-13-6-2-1-3-7-13/h1-8,11,15H,9-10H2,(H2,21,24)(H3,22,23). The SMILES string of the molecule is N=C(N)N1CCC(F)(F)C1C(N)=Nc1cccc(Oc2ccccc2)c1. The monoisotopic (exact) mass is 359 g/mol. The third-order valence-corrected chi connectivity index (χ3v) is 4.04. The van der Waals surface area contributed by atoms with Crippen molar-refractivity contribution in [1.82, 2.24) is 4.90 Å². The van der Waals surface area contributed by atoms with E-state index in [4.69, 9.17) is 21.6 Å². The minimum absolute atomic E-state index is 0.0413. The van der Waals surface area contributed by atoms with Gasteiger partial charge in [-0.2, -0.15) is 0 Å². The van der Waals surface area contributed by atoms with Crippen LogP contribution in [-0.4, -0.2) is 35.2 Å². The quantitative estimate of drug-likeness (QED) is 0.577. The van der Waals surface area contributed by atoms with Crippen LogP contribution in [0.3, 0.4) is 0 Å². The van der Waals surface area contributed by atoms with E-state index in [-0.39, 0.29) is 12.4 Å². The zero-order valence-corrected chi connectivity index (χ0v) is 13.9. The third-order valence-electron chi connectivity index (χ3n) is 4.04. The molecule has 1 unspecified atom stereocenters. The number of alkyl halides is 2. The lowest BCUT2D eigenvalue weighted by Gasteiger charge is -2.27. The first kappa shape index (κ1) is 17.7. The van der Waals surface area contributed by atoms with E-state index >= 15 is 0 Å². The lowest BCUT2D eigenvalue weighted by Crippen LogP contribution is -2.52. The Balaban J connectivity index is 1.84. The summed E-state index contributed by atoms with van der Waals surface area (Å²) in [7, 11) is 0. The second kappa shape index (κ2) is 6.99. The Kier molecular flexibility index (Phi) is 4.75. The van der Waals surface area contributed by atoms with Gasteiger partial charge in [-0.3, -0.25) is 5.41 Å². The molecule has 2 aromatic carbocycles. The first-order chi connectivity index (χ1) is 12.4. The molecule has 0 saturated carbocycles. The zero-order valence-electron chi connectivity index (χ0n) is 13.9. The van der Waals surface area contributed by atoms with Crippen molar-refractivity contribution in [3.8, 4) is 11.5 Å². The average Bonchev–Trinajstić information content (AvgIpc) is 2.91. The normalized spacial score (nSPS) is 19.4. The minimum Gasteiger partial charge on any atom is -0.457 e. The van der Waals surface area contributed by atoms with E-state index in [0.29, 0.717) is 17.2 Å². The van der Waals surface area contributed by atoms with Crippen LogP contribution in [0.1, 0.15) is 6.42 Å². The fourth-order valence-corrected chi connectivity index (χ4v) is 2.85. The van der Waals surface area contributed by atoms with E-state index in [1.165, 1.54) is 0 Å². The van der Waals surface area contributed by atoms with Crippen LogP contribution in [0.4, 0.5) is 14.5 Å². The molecule has 0 bridgehead atoms. The highest BCUT2D eigenvalue weighted by Gasteiger charge is 2.51. The molecular formula is C18H19F2N5O. The summed E-state index contributed by atoms with van der Waals surface area (Å²) >= 11 is 0. The van der Waals surface area contributed by atoms with Gasteiger partial charge in [-0.15, -0.1) is 0 Å². The number of halogens is 2. The number of hydrogen-bond acceptors (Lipinski definition) is 3. The lowest BCUT2D eigenvalue weighted by molar-refractivity contribution is -0.00144. The van der Waals surface area contributed by atoms with E-state index in [1.54, 1.807) is 36.4 Å². The predicted octanol–water partition coefficient (Wildman–Crippen LogP) is 3.07. The number of likely N-dealkylation sites (tertiary alicyclic amines) is 1. The largest absolute Gasteiger partial charge is 0.457 e. The summed E-state index contributed by atoms with van der Waals surface area (Å²) < 4.78 is 34.0. The molecule has 5 N–H and O–H groups in total. The number of nitrogens with zero attached hydrogens (tertiary/aromatic N) is 2. The second-order valence-corrected chi connectivity index (χ2v) is 5.94. The van der Waals surface area contributed by atoms with Crippen LogP contribution in [0.15, 0.2) is 59.6 Å². The average molecular weight is 359 g/mol. The van der Waals surface area contributed by atoms with Crippen molar-refractivity contribution in [2.24, 2.45) is 16.5 Å². The first-order valence-electron chi connectivity index (χ1n) is 8.02. The molecule has 136 valence electrons. The molecule has 8 heteroatoms. The molecule has 0 aromatic heterocycles. The number of benzene rings is 2. The van der Waals surface area contributed by atoms with Crippen molar-refractivity contribution >= 4 is 17.5 Å². The number of hydrogen-bond donors (Lipinski definition) is 3. The van der Waals surface area contributed by atoms with Crippen LogP contribution in [0.25, 0.3) is 0 Å². The zero-order chi connectivity index (χ0) is 18.7. The summed E-state index contributed by atoms with van der Waals surface area (Å²) in [5.41, 5.74) is 11.6. The van der Waals surface area contributed by atoms with Gasteiger partial charge in [-0.1, -0.05) is 24.3 Å². The van der Waals surface area contributed by atoms with Crippen LogP contribution in [0.5, 0.6) is 11.5 Å². The third kappa shape index (κ3) is 3.74. The van der Waals surface area contributed by atoms with Crippen molar-refractivity contribution in [2.75, 3.05) is 6.54 Å². The summed E-state index contributed by atoms with van der Waals surface area (Å²) in [6.45, 7) is -0.0413. The number of guanidine groups is 1. The van der Waals surface area contributed by atoms with Gasteiger partial charge in [0.1, 0.15) is 17.3 Å². The van der Waals surface area contributed by atoms with Crippen molar-refractivity contribution < 1.29 is 13.5 Å². The number of nitrogens with two attached hydrogens (primary N) is 2. The Hall–Kier alpha value is -3.16. The molecule has 26 heavy (non-hydrogen) atoms. The summed E-state index contributed by atoms with van der Waals surface area (Å²) in [6, 6.07) is 14.3. The Morgan fingerprint density at radius 2 is 1.81 bits per heavy atom. The van der Waals surface area contributed by atoms with Gasteiger partial charge in [0.15, 0.2) is 12.0 Å². The smallest absolute Gasteiger partial charge is 0.276 e. The van der Waals surface area contributed by atoms with Gasteiger partial charge in [0.25, 0.3) is 5.92 Å². The molecular weight excluding hydrogens is 340 g/mol. The molecule has 0 radical (unpaired) electrons. The number of aliphatic imine (C=N–C) groups is 1. The van der Waals surface area contributed by atoms with E-state index in [0.717, 1.165) is 4.90 Å². The van der Waals surface area contributed by atoms with Gasteiger partial charge >= 0.3 is 0 Å². The molecule has 1 aliphatic heterocycles. The molecule has 6 nitrogen and oxygen atoms in total. The van der Waals surface area contributed by atoms with Gasteiger partial charge in [-0.25, -0.2) is 13.8 Å². The fourth-order valence-electron chi connectivity index (χ4n) is 2.85. The van der Waals surface area contributed by atoms with E-state index < -0.39 is 24.3 Å². The van der Waals surface area contributed by atoms with Crippen molar-refractivity contribution in [1.29, 1.82) is 5.41 Å². The molecule has 1 fully saturated rings. The van der Waals surface area contributed by atoms with Crippen molar-refractivity contribution in [2.45, 2.75) is 18.4 Å². The Morgan fingerprint density at radius 3 is 2.50 bits per heavy atom. The maximum atomic E-state index is 14.2. The van der Waals surface area contributed by atoms with Gasteiger partial charge in [-0.05, 0) is 24.3 Å². The van der Waals surface area contributed by atoms with Crippen LogP contribution >= 0.6 is 0 Å². The highest BCUT2D eigenvalue weighted by Crippen LogP contribution is 2.34. The van der Waals surface area contributed by atoms with Crippen LogP contribution in [0.2, 0.25) is 0 Å². The molecule has 0 spiro atoms. The number of para-hydroxylation sites is 1. The highest BCUT2D eigenvalue weighted by molar-refractivity contribution is 5.93. The fraction of sp³-hybridized carbons (Fsp3) is 0.222. The van der Waals surface area contributed by atoms with Crippen molar-refractivity contribution in [3.63, 3.8) is 0 Å². The summed E-state index contributed by atoms with van der Waals surface area (Å²) in [5.74, 6) is -2.69. The Bertz CT molecular complexity index is 825. The molecule has 3 rings (SSSR count). The molecule has 1 atom stereocenters. The number of nitrogens with one attached hydrogen (secondary N) is 1. The van der Waals surface area contributed by atoms with Gasteiger partial charge < -0.3 is 21.1 Å². The number of ether oxygens (including phenoxy) is 1. The second-order valence-electron chi connectivity index (χ2n) is 5.94. The van der Waals surface area contributed by atoms with E-state index in [2.05, 4.69) is 4.99 Å². The molecule has 1 heterocycles. The Labute approximate surface area is 149 Å². The van der Waals surface area contributed by atoms with Crippen LogP contribution in [0, 0.1) is 5.41 Å². The number of rotatable bonds is 4. The summed E-state index contributed by atoms with van der Waals surface area (Å²) in [6.07, 6.45) is -0.426. The number of amidine groups is 1. The molecule has 0 aliphatic carbocycles. The minimum atomic E-state index is -3.10. The van der Waals surface area contributed by atoms with E-state index in [1.807, 2.05) is 18.2 Å². The highest BCUT2D eigenvalue weighted by atomic mass is 19.3. The molecule has 1 aliphatic rings. The van der Waals surface area contributed by atoms with Crippen LogP contribution < -0.4 is 16.2 Å². The van der Waals surface area contributed by atoms with Gasteiger partial charge in [0.2, 0.25) is 0 Å². The Morgan fingerprint density at radius 1 is 1.12 bits per heavy atom. The lowest BCUT2D eigenvalue weighted by atomic mass is 10.1. The topological polar surface area (TPSA) is 101 Å². The summed E-state index contributed by atoms with van der Waals surface area (Å²) in [5, 5.41) is 7.47. The maximum Gasteiger partial charge on any atom is 0.276 e. The maximum absolute atomic E-state index is 14.2. The molecule has 0 amide bonds.